The van der Waals surface area contributed by atoms with Crippen LogP contribution in [0.1, 0.15) is 52.1 Å². The topological polar surface area (TPSA) is 140 Å². The Bertz CT molecular complexity index is 1470. The van der Waals surface area contributed by atoms with Crippen LogP contribution in [-0.2, 0) is 22.4 Å². The lowest BCUT2D eigenvalue weighted by molar-refractivity contribution is -0.137. The Morgan fingerprint density at radius 2 is 1.76 bits per heavy atom. The lowest BCUT2D eigenvalue weighted by atomic mass is 9.91. The fourth-order valence-corrected chi connectivity index (χ4v) is 4.95. The van der Waals surface area contributed by atoms with E-state index in [4.69, 9.17) is 0 Å². The van der Waals surface area contributed by atoms with Crippen molar-refractivity contribution in [3.05, 3.63) is 75.0 Å². The molecule has 0 unspecified atom stereocenters. The van der Waals surface area contributed by atoms with Crippen LogP contribution in [0.4, 0.5) is 21.9 Å². The fraction of sp³-hybridized carbons (Fsp3) is 0.185. The molecular formula is C27H23BrN4O5. The Kier molecular flexibility index (Phi) is 6.66. The van der Waals surface area contributed by atoms with E-state index in [2.05, 4.69) is 36.9 Å². The van der Waals surface area contributed by atoms with Gasteiger partial charge in [-0.3, -0.25) is 14.4 Å². The summed E-state index contributed by atoms with van der Waals surface area (Å²) in [5, 5.41) is 17.6. The van der Waals surface area contributed by atoms with Gasteiger partial charge in [0.1, 0.15) is 0 Å². The van der Waals surface area contributed by atoms with Crippen LogP contribution in [0.15, 0.2) is 46.9 Å². The Labute approximate surface area is 220 Å². The highest BCUT2D eigenvalue weighted by molar-refractivity contribution is 9.10. The first kappa shape index (κ1) is 24.5. The number of carbonyl (C=O) groups is 4. The summed E-state index contributed by atoms with van der Waals surface area (Å²) in [6.45, 7) is 0. The second kappa shape index (κ2) is 10.1. The first-order valence-corrected chi connectivity index (χ1v) is 12.6. The van der Waals surface area contributed by atoms with Crippen molar-refractivity contribution in [2.45, 2.75) is 32.1 Å². The van der Waals surface area contributed by atoms with Crippen molar-refractivity contribution in [3.63, 3.8) is 0 Å². The van der Waals surface area contributed by atoms with E-state index in [1.807, 2.05) is 12.1 Å². The minimum atomic E-state index is -0.960. The van der Waals surface area contributed by atoms with Crippen molar-refractivity contribution in [2.75, 3.05) is 16.0 Å². The smallest absolute Gasteiger partial charge is 0.323 e. The Morgan fingerprint density at radius 1 is 1.03 bits per heavy atom. The number of aryl methyl sites for hydroxylation is 1. The van der Waals surface area contributed by atoms with E-state index in [-0.39, 0.29) is 24.5 Å². The van der Waals surface area contributed by atoms with Gasteiger partial charge in [0.25, 0.3) is 5.91 Å². The number of rotatable bonds is 6. The monoisotopic (exact) mass is 562 g/mol. The Hall–Kier alpha value is -4.18. The van der Waals surface area contributed by atoms with Gasteiger partial charge in [-0.2, -0.15) is 0 Å². The maximum atomic E-state index is 12.9. The van der Waals surface area contributed by atoms with Gasteiger partial charge in [-0.15, -0.1) is 0 Å². The number of urea groups is 1. The molecule has 188 valence electrons. The molecule has 0 saturated heterocycles. The van der Waals surface area contributed by atoms with Crippen LogP contribution < -0.4 is 16.0 Å². The molecule has 0 atom stereocenters. The van der Waals surface area contributed by atoms with Gasteiger partial charge in [0.15, 0.2) is 5.78 Å². The predicted molar refractivity (Wildman–Crippen MR) is 144 cm³/mol. The average Bonchev–Trinajstić information content (AvgIpc) is 3.36. The van der Waals surface area contributed by atoms with Crippen LogP contribution in [-0.4, -0.2) is 33.8 Å². The molecule has 1 aliphatic heterocycles. The quantitative estimate of drug-likeness (QED) is 0.254. The highest BCUT2D eigenvalue weighted by Crippen LogP contribution is 2.37. The second-order valence-corrected chi connectivity index (χ2v) is 9.82. The third-order valence-corrected chi connectivity index (χ3v) is 6.89. The molecule has 3 amide bonds. The number of hydrogen-bond acceptors (Lipinski definition) is 4. The van der Waals surface area contributed by atoms with Crippen LogP contribution in [0.2, 0.25) is 0 Å². The van der Waals surface area contributed by atoms with Gasteiger partial charge in [0.2, 0.25) is 0 Å². The molecule has 5 rings (SSSR count). The Morgan fingerprint density at radius 3 is 2.51 bits per heavy atom. The Balaban J connectivity index is 1.45. The number of anilines is 3. The van der Waals surface area contributed by atoms with E-state index >= 15 is 0 Å². The number of benzene rings is 2. The van der Waals surface area contributed by atoms with Gasteiger partial charge in [-0.25, -0.2) is 4.79 Å². The summed E-state index contributed by atoms with van der Waals surface area (Å²) >= 11 is 3.35. The number of Topliss-reactive ketones (excluding diaryl/α,β-unsaturated/α-hetero) is 1. The van der Waals surface area contributed by atoms with E-state index < -0.39 is 12.0 Å². The number of nitrogens with one attached hydrogen (secondary N) is 4. The first-order valence-electron chi connectivity index (χ1n) is 11.8. The van der Waals surface area contributed by atoms with Gasteiger partial charge in [-0.05, 0) is 73.4 Å². The van der Waals surface area contributed by atoms with E-state index in [0.717, 1.165) is 16.6 Å². The van der Waals surface area contributed by atoms with Gasteiger partial charge in [-0.1, -0.05) is 15.9 Å². The first-order chi connectivity index (χ1) is 17.8. The molecule has 3 aromatic rings. The minimum Gasteiger partial charge on any atom is -0.481 e. The number of carbonyl (C=O) groups excluding carboxylic acids is 3. The maximum Gasteiger partial charge on any atom is 0.323 e. The lowest BCUT2D eigenvalue weighted by Gasteiger charge is -2.11. The molecule has 2 heterocycles. The average molecular weight is 563 g/mol. The fourth-order valence-electron chi connectivity index (χ4n) is 4.69. The van der Waals surface area contributed by atoms with Crippen LogP contribution in [0, 0.1) is 0 Å². The van der Waals surface area contributed by atoms with Crippen molar-refractivity contribution in [1.29, 1.82) is 0 Å². The van der Waals surface area contributed by atoms with Crippen LogP contribution in [0.3, 0.4) is 0 Å². The highest BCUT2D eigenvalue weighted by atomic mass is 79.9. The van der Waals surface area contributed by atoms with Crippen molar-refractivity contribution < 1.29 is 24.3 Å². The second-order valence-electron chi connectivity index (χ2n) is 8.90. The third kappa shape index (κ3) is 5.19. The number of aliphatic carboxylic acids is 1. The molecule has 0 spiro atoms. The van der Waals surface area contributed by atoms with Crippen LogP contribution >= 0.6 is 15.9 Å². The van der Waals surface area contributed by atoms with Crippen molar-refractivity contribution in [1.82, 2.24) is 4.98 Å². The van der Waals surface area contributed by atoms with Gasteiger partial charge >= 0.3 is 12.0 Å². The molecule has 10 heteroatoms. The van der Waals surface area contributed by atoms with Crippen LogP contribution in [0.25, 0.3) is 11.6 Å². The number of aromatic amines is 1. The van der Waals surface area contributed by atoms with Crippen molar-refractivity contribution in [2.24, 2.45) is 0 Å². The number of amides is 3. The van der Waals surface area contributed by atoms with Crippen LogP contribution in [0.5, 0.6) is 0 Å². The van der Waals surface area contributed by atoms with Gasteiger partial charge in [0.05, 0.1) is 5.57 Å². The number of fused-ring (bicyclic) bond motifs is 2. The zero-order chi connectivity index (χ0) is 26.1. The number of halogens is 1. The third-order valence-electron chi connectivity index (χ3n) is 6.36. The largest absolute Gasteiger partial charge is 0.481 e. The summed E-state index contributed by atoms with van der Waals surface area (Å²) in [5.74, 6) is -1.30. The summed E-state index contributed by atoms with van der Waals surface area (Å²) in [4.78, 5) is 52.5. The van der Waals surface area contributed by atoms with E-state index in [0.29, 0.717) is 57.9 Å². The number of ketones is 1. The molecule has 37 heavy (non-hydrogen) atoms. The predicted octanol–water partition coefficient (Wildman–Crippen LogP) is 5.45. The van der Waals surface area contributed by atoms with E-state index in [9.17, 15) is 24.3 Å². The van der Waals surface area contributed by atoms with E-state index in [1.54, 1.807) is 36.4 Å². The molecule has 2 aromatic carbocycles. The summed E-state index contributed by atoms with van der Waals surface area (Å²) in [5.41, 5.74) is 5.17. The lowest BCUT2D eigenvalue weighted by Crippen LogP contribution is -2.19. The van der Waals surface area contributed by atoms with Crippen molar-refractivity contribution in [3.8, 4) is 0 Å². The molecule has 9 nitrogen and oxygen atoms in total. The minimum absolute atomic E-state index is 0.0120. The SMILES string of the molecule is O=C(O)CCc1c(C=C2C(=O)Nc3ccc(NC(=O)Nc4ccc(Br)cc4)cc32)[nH]c2c1C(=O)CCC2. The highest BCUT2D eigenvalue weighted by Gasteiger charge is 2.29. The number of hydrogen-bond donors (Lipinski definition) is 5. The molecular weight excluding hydrogens is 540 g/mol. The van der Waals surface area contributed by atoms with Gasteiger partial charge in [0, 0.05) is 56.9 Å². The normalized spacial score (nSPS) is 15.2. The summed E-state index contributed by atoms with van der Waals surface area (Å²) in [6, 6.07) is 11.8. The molecule has 2 aliphatic rings. The maximum absolute atomic E-state index is 12.9. The molecule has 0 bridgehead atoms. The molecule has 0 saturated carbocycles. The summed E-state index contributed by atoms with van der Waals surface area (Å²) < 4.78 is 0.895. The zero-order valence-corrected chi connectivity index (χ0v) is 21.2. The molecule has 1 aromatic heterocycles. The molecule has 5 N–H and O–H groups in total. The molecule has 0 fully saturated rings. The standard InChI is InChI=1S/C27H23BrN4O5/c28-14-4-6-15(7-5-14)29-27(37)30-16-8-10-20-18(12-16)19(26(36)32-20)13-22-17(9-11-24(34)35)25-21(31-22)2-1-3-23(25)33/h4-8,10,12-13,31H,1-3,9,11H2,(H,32,36)(H,34,35)(H2,29,30,37). The summed E-state index contributed by atoms with van der Waals surface area (Å²) in [6.07, 6.45) is 3.55. The summed E-state index contributed by atoms with van der Waals surface area (Å²) in [7, 11) is 0. The van der Waals surface area contributed by atoms with E-state index in [1.165, 1.54) is 0 Å². The number of carboxylic acids is 1. The zero-order valence-electron chi connectivity index (χ0n) is 19.6. The number of H-pyrrole nitrogens is 1. The molecule has 0 radical (unpaired) electrons. The molecule has 1 aliphatic carbocycles. The number of aromatic nitrogens is 1. The van der Waals surface area contributed by atoms with Crippen molar-refractivity contribution >= 4 is 68.3 Å². The number of carboxylic acid groups (broad SMARTS) is 1. The van der Waals surface area contributed by atoms with Gasteiger partial charge < -0.3 is 26.0 Å².